The van der Waals surface area contributed by atoms with Crippen molar-refractivity contribution in [2.45, 2.75) is 64.0 Å². The Morgan fingerprint density at radius 2 is 2.00 bits per heavy atom. The third-order valence-corrected chi connectivity index (χ3v) is 7.77. The second-order valence-electron chi connectivity index (χ2n) is 10.5. The van der Waals surface area contributed by atoms with E-state index < -0.39 is 30.0 Å². The van der Waals surface area contributed by atoms with Crippen LogP contribution in [0, 0.1) is 23.1 Å². The highest BCUT2D eigenvalue weighted by Gasteiger charge is 2.45. The highest BCUT2D eigenvalue weighted by Crippen LogP contribution is 2.54. The molecule has 0 N–H and O–H groups in total. The molecule has 3 nitrogen and oxygen atoms in total. The number of hydrogen-bond acceptors (Lipinski definition) is 2. The van der Waals surface area contributed by atoms with Crippen molar-refractivity contribution in [2.75, 3.05) is 19.7 Å². The summed E-state index contributed by atoms with van der Waals surface area (Å²) in [4.78, 5) is 13.9. The number of hydrogen-bond donors (Lipinski definition) is 0. The summed E-state index contributed by atoms with van der Waals surface area (Å²) in [5.74, 6) is 0.720. The molecule has 1 heterocycles. The maximum absolute atomic E-state index is 15.0. The molecule has 0 spiro atoms. The number of benzene rings is 1. The number of alkyl halides is 3. The van der Waals surface area contributed by atoms with Crippen LogP contribution in [0.25, 0.3) is 0 Å². The number of amides is 1. The molecule has 0 radical (unpaired) electrons. The van der Waals surface area contributed by atoms with E-state index in [2.05, 4.69) is 6.92 Å². The summed E-state index contributed by atoms with van der Waals surface area (Å²) in [6.45, 7) is 2.15. The van der Waals surface area contributed by atoms with Crippen LogP contribution in [-0.4, -0.2) is 36.7 Å². The summed E-state index contributed by atoms with van der Waals surface area (Å²) >= 11 is 0. The Labute approximate surface area is 185 Å². The van der Waals surface area contributed by atoms with Crippen LogP contribution >= 0.6 is 0 Å². The molecule has 5 rings (SSSR count). The lowest BCUT2D eigenvalue weighted by Gasteiger charge is -2.36. The van der Waals surface area contributed by atoms with Gasteiger partial charge in [0.15, 0.2) is 0 Å². The maximum atomic E-state index is 15.0. The van der Waals surface area contributed by atoms with Gasteiger partial charge in [-0.2, -0.15) is 13.2 Å². The van der Waals surface area contributed by atoms with Gasteiger partial charge >= 0.3 is 6.18 Å². The van der Waals surface area contributed by atoms with E-state index in [-0.39, 0.29) is 23.4 Å². The Bertz CT molecular complexity index is 952. The minimum Gasteiger partial charge on any atom is -0.493 e. The summed E-state index contributed by atoms with van der Waals surface area (Å²) in [7, 11) is 0. The predicted molar refractivity (Wildman–Crippen MR) is 112 cm³/mol. The molecule has 1 aliphatic heterocycles. The number of carbonyl (C=O) groups excluding carboxylic acids is 1. The number of fused-ring (bicyclic) bond motifs is 2. The Morgan fingerprint density at radius 1 is 1.22 bits per heavy atom. The van der Waals surface area contributed by atoms with Crippen LogP contribution in [0.15, 0.2) is 23.8 Å². The second-order valence-corrected chi connectivity index (χ2v) is 10.5. The van der Waals surface area contributed by atoms with Crippen molar-refractivity contribution in [2.24, 2.45) is 17.3 Å². The molecule has 174 valence electrons. The Morgan fingerprint density at radius 3 is 2.69 bits per heavy atom. The van der Waals surface area contributed by atoms with Crippen molar-refractivity contribution >= 4 is 5.91 Å². The smallest absolute Gasteiger partial charge is 0.414 e. The van der Waals surface area contributed by atoms with Crippen LogP contribution in [0.3, 0.4) is 0 Å². The molecule has 4 aliphatic rings. The van der Waals surface area contributed by atoms with Crippen molar-refractivity contribution in [3.8, 4) is 5.75 Å². The van der Waals surface area contributed by atoms with Gasteiger partial charge in [-0.1, -0.05) is 13.0 Å². The predicted octanol–water partition coefficient (Wildman–Crippen LogP) is 6.24. The normalized spacial score (nSPS) is 29.9. The minimum absolute atomic E-state index is 0.156. The van der Waals surface area contributed by atoms with Gasteiger partial charge in [-0.15, -0.1) is 0 Å². The number of ether oxygens (including phenoxy) is 1. The molecule has 0 aromatic heterocycles. The molecular weight excluding hydrogens is 422 g/mol. The van der Waals surface area contributed by atoms with Crippen molar-refractivity contribution in [3.63, 3.8) is 0 Å². The van der Waals surface area contributed by atoms with Gasteiger partial charge in [0.2, 0.25) is 0 Å². The molecule has 7 heteroatoms. The van der Waals surface area contributed by atoms with Crippen LogP contribution in [0.4, 0.5) is 17.6 Å². The number of carbonyl (C=O) groups is 1. The van der Waals surface area contributed by atoms with Crippen LogP contribution in [0.1, 0.15) is 73.7 Å². The molecule has 1 aromatic rings. The summed E-state index contributed by atoms with van der Waals surface area (Å²) in [6.07, 6.45) is 4.37. The van der Waals surface area contributed by atoms with Crippen molar-refractivity contribution in [3.05, 3.63) is 40.7 Å². The van der Waals surface area contributed by atoms with Gasteiger partial charge in [-0.3, -0.25) is 4.79 Å². The third-order valence-electron chi connectivity index (χ3n) is 7.77. The van der Waals surface area contributed by atoms with Gasteiger partial charge in [-0.05, 0) is 74.3 Å². The van der Waals surface area contributed by atoms with Crippen LogP contribution in [0.2, 0.25) is 0 Å². The van der Waals surface area contributed by atoms with E-state index in [9.17, 15) is 22.4 Å². The van der Waals surface area contributed by atoms with E-state index in [1.807, 2.05) is 0 Å². The van der Waals surface area contributed by atoms with Gasteiger partial charge in [0.05, 0.1) is 24.3 Å². The molecular formula is C25H29F4NO2. The number of halogens is 4. The molecule has 0 saturated heterocycles. The van der Waals surface area contributed by atoms with Crippen LogP contribution in [-0.2, 0) is 0 Å². The van der Waals surface area contributed by atoms with E-state index in [0.29, 0.717) is 18.3 Å². The fourth-order valence-electron chi connectivity index (χ4n) is 6.19. The molecule has 32 heavy (non-hydrogen) atoms. The molecule has 3 atom stereocenters. The van der Waals surface area contributed by atoms with E-state index in [4.69, 9.17) is 4.74 Å². The lowest BCUT2D eigenvalue weighted by atomic mass is 9.72. The minimum atomic E-state index is -4.47. The zero-order valence-electron chi connectivity index (χ0n) is 18.3. The number of nitrogens with zero attached hydrogens (tertiary/aromatic N) is 1. The van der Waals surface area contributed by atoms with Crippen molar-refractivity contribution in [1.29, 1.82) is 0 Å². The van der Waals surface area contributed by atoms with Gasteiger partial charge in [-0.25, -0.2) is 4.39 Å². The fourth-order valence-corrected chi connectivity index (χ4v) is 6.19. The van der Waals surface area contributed by atoms with E-state index in [1.54, 1.807) is 0 Å². The lowest BCUT2D eigenvalue weighted by Crippen LogP contribution is -2.32. The summed E-state index contributed by atoms with van der Waals surface area (Å²) in [6, 6.07) is 2.80. The first kappa shape index (κ1) is 21.8. The average molecular weight is 452 g/mol. The van der Waals surface area contributed by atoms with Gasteiger partial charge in [0.1, 0.15) is 11.6 Å². The molecule has 3 saturated carbocycles. The quantitative estimate of drug-likeness (QED) is 0.392. The SMILES string of the molecule is CC1CC2CCC(COc3cc(F)c(C(=O)N4CC=C(C(F)(F)F)C4)cc3C3CC3)(C1)C2. The van der Waals surface area contributed by atoms with Crippen LogP contribution in [0.5, 0.6) is 5.75 Å². The first-order valence-electron chi connectivity index (χ1n) is 11.7. The van der Waals surface area contributed by atoms with E-state index in [1.165, 1.54) is 31.4 Å². The number of rotatable bonds is 5. The second kappa shape index (κ2) is 7.77. The van der Waals surface area contributed by atoms with Crippen molar-refractivity contribution < 1.29 is 27.1 Å². The zero-order valence-corrected chi connectivity index (χ0v) is 18.3. The largest absolute Gasteiger partial charge is 0.493 e. The average Bonchev–Trinajstić information content (AvgIpc) is 3.34. The molecule has 1 aromatic carbocycles. The van der Waals surface area contributed by atoms with E-state index >= 15 is 0 Å². The van der Waals surface area contributed by atoms with Gasteiger partial charge in [0.25, 0.3) is 5.91 Å². The summed E-state index contributed by atoms with van der Waals surface area (Å²) < 4.78 is 60.0. The molecule has 3 aliphatic carbocycles. The lowest BCUT2D eigenvalue weighted by molar-refractivity contribution is -0.0930. The molecule has 1 amide bonds. The topological polar surface area (TPSA) is 29.5 Å². The summed E-state index contributed by atoms with van der Waals surface area (Å²) in [5, 5.41) is 0. The Balaban J connectivity index is 1.34. The highest BCUT2D eigenvalue weighted by molar-refractivity contribution is 5.95. The first-order valence-corrected chi connectivity index (χ1v) is 11.7. The van der Waals surface area contributed by atoms with Crippen molar-refractivity contribution in [1.82, 2.24) is 4.90 Å². The Hall–Kier alpha value is -2.05. The first-order chi connectivity index (χ1) is 15.1. The zero-order chi connectivity index (χ0) is 22.7. The standard InChI is InChI=1S/C25H29F4NO2/c1-15-8-16-4-6-24(11-15,12-16)14-32-22-10-21(26)20(9-19(22)17-2-3-17)23(31)30-7-5-18(13-30)25(27,28)29/h5,9-10,15-17H,2-4,6-8,11-14H2,1H3. The summed E-state index contributed by atoms with van der Waals surface area (Å²) in [5.41, 5.74) is 0.0438. The monoisotopic (exact) mass is 451 g/mol. The maximum Gasteiger partial charge on any atom is 0.414 e. The van der Waals surface area contributed by atoms with Crippen LogP contribution < -0.4 is 4.74 Å². The van der Waals surface area contributed by atoms with Gasteiger partial charge in [0, 0.05) is 18.0 Å². The van der Waals surface area contributed by atoms with E-state index in [0.717, 1.165) is 48.1 Å². The molecule has 3 fully saturated rings. The third kappa shape index (κ3) is 4.15. The molecule has 2 bridgehead atoms. The Kier molecular flexibility index (Phi) is 5.29. The molecule has 3 unspecified atom stereocenters. The van der Waals surface area contributed by atoms with Gasteiger partial charge < -0.3 is 9.64 Å². The highest BCUT2D eigenvalue weighted by atomic mass is 19.4. The fraction of sp³-hybridized carbons (Fsp3) is 0.640.